The molecule has 3 amide bonds. The number of benzene rings is 2. The molecule has 0 unspecified atom stereocenters. The van der Waals surface area contributed by atoms with Crippen LogP contribution in [0.2, 0.25) is 5.02 Å². The van der Waals surface area contributed by atoms with Gasteiger partial charge < -0.3 is 0 Å². The maximum atomic E-state index is 12.6. The van der Waals surface area contributed by atoms with Crippen molar-refractivity contribution >= 4 is 79.6 Å². The predicted molar refractivity (Wildman–Crippen MR) is 126 cm³/mol. The number of halogens is 2. The van der Waals surface area contributed by atoms with Gasteiger partial charge in [0.15, 0.2) is 0 Å². The number of carbonyl (C=O) groups is 3. The fraction of sp³-hybridized carbons (Fsp3) is 0.100. The van der Waals surface area contributed by atoms with Crippen LogP contribution in [0.4, 0.5) is 0 Å². The lowest BCUT2D eigenvalue weighted by Gasteiger charge is -2.14. The molecule has 30 heavy (non-hydrogen) atoms. The van der Waals surface area contributed by atoms with Gasteiger partial charge in [-0.15, -0.1) is 0 Å². The Kier molecular flexibility index (Phi) is 7.65. The Balaban J connectivity index is 1.52. The minimum absolute atomic E-state index is 0.0214. The molecule has 0 radical (unpaired) electrons. The number of amides is 3. The smallest absolute Gasteiger partial charge is 0.269 e. The van der Waals surface area contributed by atoms with Crippen LogP contribution in [-0.4, -0.2) is 33.5 Å². The molecule has 10 heteroatoms. The molecule has 1 heterocycles. The molecule has 0 saturated carbocycles. The van der Waals surface area contributed by atoms with Crippen molar-refractivity contribution in [1.29, 1.82) is 0 Å². The third-order valence-electron chi connectivity index (χ3n) is 4.05. The first-order chi connectivity index (χ1) is 14.3. The van der Waals surface area contributed by atoms with E-state index in [2.05, 4.69) is 26.8 Å². The molecule has 1 saturated heterocycles. The maximum absolute atomic E-state index is 12.6. The largest absolute Gasteiger partial charge is 0.292 e. The van der Waals surface area contributed by atoms with Gasteiger partial charge in [-0.3, -0.25) is 30.1 Å². The van der Waals surface area contributed by atoms with Gasteiger partial charge in [0.05, 0.1) is 4.91 Å². The van der Waals surface area contributed by atoms with Gasteiger partial charge in [0.2, 0.25) is 5.91 Å². The van der Waals surface area contributed by atoms with Crippen LogP contribution < -0.4 is 10.9 Å². The molecule has 0 aliphatic carbocycles. The van der Waals surface area contributed by atoms with E-state index >= 15 is 0 Å². The van der Waals surface area contributed by atoms with Crippen LogP contribution in [0.25, 0.3) is 6.08 Å². The number of carbonyl (C=O) groups excluding carboxylic acids is 3. The minimum atomic E-state index is -0.441. The SMILES string of the molecule is O=C(CCN1C(=O)/C(=C/c2ccccc2Cl)SC1=S)NNC(=O)c1ccc(Br)cc1. The summed E-state index contributed by atoms with van der Waals surface area (Å²) in [6.45, 7) is 0.102. The van der Waals surface area contributed by atoms with E-state index in [9.17, 15) is 14.4 Å². The number of hydrogen-bond donors (Lipinski definition) is 2. The van der Waals surface area contributed by atoms with Crippen LogP contribution in [0.1, 0.15) is 22.3 Å². The summed E-state index contributed by atoms with van der Waals surface area (Å²) in [5.41, 5.74) is 5.80. The van der Waals surface area contributed by atoms with E-state index in [-0.39, 0.29) is 18.9 Å². The lowest BCUT2D eigenvalue weighted by molar-refractivity contribution is -0.124. The second-order valence-electron chi connectivity index (χ2n) is 6.11. The third-order valence-corrected chi connectivity index (χ3v) is 6.30. The summed E-state index contributed by atoms with van der Waals surface area (Å²) < 4.78 is 1.21. The molecule has 1 fully saturated rings. The van der Waals surface area contributed by atoms with Crippen LogP contribution in [0.5, 0.6) is 0 Å². The average Bonchev–Trinajstić information content (AvgIpc) is 2.99. The van der Waals surface area contributed by atoms with E-state index in [4.69, 9.17) is 23.8 Å². The molecule has 1 aliphatic heterocycles. The lowest BCUT2D eigenvalue weighted by atomic mass is 10.2. The molecule has 2 N–H and O–H groups in total. The Labute approximate surface area is 196 Å². The number of nitrogens with one attached hydrogen (secondary N) is 2. The van der Waals surface area contributed by atoms with Crippen molar-refractivity contribution in [2.24, 2.45) is 0 Å². The Morgan fingerprint density at radius 3 is 2.53 bits per heavy atom. The summed E-state index contributed by atoms with van der Waals surface area (Å²) in [4.78, 5) is 38.5. The second kappa shape index (κ2) is 10.2. The normalized spacial score (nSPS) is 14.9. The summed E-state index contributed by atoms with van der Waals surface area (Å²) in [5, 5.41) is 0.531. The molecule has 2 aromatic carbocycles. The first kappa shape index (κ1) is 22.5. The molecule has 0 atom stereocenters. The zero-order chi connectivity index (χ0) is 21.7. The number of rotatable bonds is 5. The van der Waals surface area contributed by atoms with Crippen LogP contribution in [0.3, 0.4) is 0 Å². The number of thioether (sulfide) groups is 1. The molecule has 154 valence electrons. The van der Waals surface area contributed by atoms with E-state index in [1.807, 2.05) is 6.07 Å². The predicted octanol–water partition coefficient (Wildman–Crippen LogP) is 4.16. The molecule has 6 nitrogen and oxygen atoms in total. The molecule has 1 aliphatic rings. The first-order valence-electron chi connectivity index (χ1n) is 8.70. The van der Waals surface area contributed by atoms with Gasteiger partial charge in [-0.05, 0) is 42.0 Å². The molecule has 3 rings (SSSR count). The molecule has 0 aromatic heterocycles. The van der Waals surface area contributed by atoms with E-state index in [0.29, 0.717) is 25.4 Å². The molecular weight excluding hydrogens is 510 g/mol. The maximum Gasteiger partial charge on any atom is 0.269 e. The highest BCUT2D eigenvalue weighted by atomic mass is 79.9. The molecule has 0 spiro atoms. The van der Waals surface area contributed by atoms with Gasteiger partial charge in [0.1, 0.15) is 4.32 Å². The van der Waals surface area contributed by atoms with Crippen molar-refractivity contribution in [2.75, 3.05) is 6.54 Å². The van der Waals surface area contributed by atoms with Crippen LogP contribution in [-0.2, 0) is 9.59 Å². The van der Waals surface area contributed by atoms with E-state index in [1.54, 1.807) is 48.5 Å². The highest BCUT2D eigenvalue weighted by Crippen LogP contribution is 2.33. The lowest BCUT2D eigenvalue weighted by Crippen LogP contribution is -2.43. The fourth-order valence-corrected chi connectivity index (χ4v) is 4.26. The Hall–Kier alpha value is -2.20. The summed E-state index contributed by atoms with van der Waals surface area (Å²) in [6.07, 6.45) is 1.66. The Morgan fingerprint density at radius 1 is 1.13 bits per heavy atom. The van der Waals surface area contributed by atoms with Crippen LogP contribution in [0.15, 0.2) is 57.9 Å². The van der Waals surface area contributed by atoms with Crippen molar-refractivity contribution in [3.8, 4) is 0 Å². The van der Waals surface area contributed by atoms with Crippen molar-refractivity contribution in [3.05, 3.63) is 74.1 Å². The molecular formula is C20H15BrClN3O3S2. The van der Waals surface area contributed by atoms with E-state index in [0.717, 1.165) is 16.2 Å². The van der Waals surface area contributed by atoms with Gasteiger partial charge in [0.25, 0.3) is 11.8 Å². The average molecular weight is 525 g/mol. The van der Waals surface area contributed by atoms with Crippen molar-refractivity contribution < 1.29 is 14.4 Å². The summed E-state index contributed by atoms with van der Waals surface area (Å²) in [6, 6.07) is 13.9. The summed E-state index contributed by atoms with van der Waals surface area (Å²) in [5.74, 6) is -1.16. The summed E-state index contributed by atoms with van der Waals surface area (Å²) in [7, 11) is 0. The van der Waals surface area contributed by atoms with Gasteiger partial charge >= 0.3 is 0 Å². The van der Waals surface area contributed by atoms with Crippen molar-refractivity contribution in [1.82, 2.24) is 15.8 Å². The topological polar surface area (TPSA) is 78.5 Å². The number of nitrogens with zero attached hydrogens (tertiary/aromatic N) is 1. The third kappa shape index (κ3) is 5.69. The van der Waals surface area contributed by atoms with Gasteiger partial charge in [0, 0.05) is 28.0 Å². The quantitative estimate of drug-likeness (QED) is 0.349. The molecule has 2 aromatic rings. The zero-order valence-corrected chi connectivity index (χ0v) is 19.3. The minimum Gasteiger partial charge on any atom is -0.292 e. The van der Waals surface area contributed by atoms with E-state index in [1.165, 1.54) is 4.90 Å². The zero-order valence-electron chi connectivity index (χ0n) is 15.4. The van der Waals surface area contributed by atoms with Gasteiger partial charge in [-0.1, -0.05) is 69.7 Å². The van der Waals surface area contributed by atoms with E-state index < -0.39 is 11.8 Å². The second-order valence-corrected chi connectivity index (χ2v) is 9.11. The standard InChI is InChI=1S/C20H15BrClN3O3S2/c21-14-7-5-12(6-8-14)18(27)24-23-17(26)9-10-25-19(28)16(30-20(25)29)11-13-3-1-2-4-15(13)22/h1-8,11H,9-10H2,(H,23,26)(H,24,27)/b16-11-. The monoisotopic (exact) mass is 523 g/mol. The Morgan fingerprint density at radius 2 is 1.83 bits per heavy atom. The van der Waals surface area contributed by atoms with Crippen molar-refractivity contribution in [3.63, 3.8) is 0 Å². The van der Waals surface area contributed by atoms with Crippen molar-refractivity contribution in [2.45, 2.75) is 6.42 Å². The van der Waals surface area contributed by atoms with Gasteiger partial charge in [-0.25, -0.2) is 0 Å². The Bertz CT molecular complexity index is 1040. The number of hydrogen-bond acceptors (Lipinski definition) is 5. The van der Waals surface area contributed by atoms with Crippen LogP contribution >= 0.6 is 51.5 Å². The fourth-order valence-electron chi connectivity index (χ4n) is 2.50. The number of hydrazine groups is 1. The highest BCUT2D eigenvalue weighted by molar-refractivity contribution is 9.10. The number of thiocarbonyl (C=S) groups is 1. The van der Waals surface area contributed by atoms with Gasteiger partial charge in [-0.2, -0.15) is 0 Å². The van der Waals surface area contributed by atoms with Crippen LogP contribution in [0, 0.1) is 0 Å². The first-order valence-corrected chi connectivity index (χ1v) is 11.1. The highest BCUT2D eigenvalue weighted by Gasteiger charge is 2.32. The molecule has 0 bridgehead atoms. The summed E-state index contributed by atoms with van der Waals surface area (Å²) >= 11 is 15.8.